The summed E-state index contributed by atoms with van der Waals surface area (Å²) in [5.74, 6) is -3.58. The number of nitrogens with two attached hydrogens (primary N) is 1. The number of rotatable bonds is 4. The summed E-state index contributed by atoms with van der Waals surface area (Å²) in [5.41, 5.74) is 6.10. The molecule has 1 amide bonds. The quantitative estimate of drug-likeness (QED) is 0.858. The first-order valence-electron chi connectivity index (χ1n) is 4.86. The van der Waals surface area contributed by atoms with Gasteiger partial charge in [-0.3, -0.25) is 4.79 Å². The first-order valence-corrected chi connectivity index (χ1v) is 4.86. The van der Waals surface area contributed by atoms with Crippen molar-refractivity contribution in [3.05, 3.63) is 23.5 Å². The smallest absolute Gasteiger partial charge is 0.277 e. The van der Waals surface area contributed by atoms with Crippen molar-refractivity contribution in [2.24, 2.45) is 12.8 Å². The highest BCUT2D eigenvalue weighted by molar-refractivity contribution is 5.92. The van der Waals surface area contributed by atoms with Crippen molar-refractivity contribution in [1.29, 1.82) is 0 Å². The van der Waals surface area contributed by atoms with Gasteiger partial charge in [0.05, 0.1) is 13.1 Å². The Bertz CT molecular complexity index is 393. The van der Waals surface area contributed by atoms with Gasteiger partial charge < -0.3 is 15.6 Å². The van der Waals surface area contributed by atoms with Crippen LogP contribution in [0, 0.1) is 6.92 Å². The van der Waals surface area contributed by atoms with Gasteiger partial charge in [-0.05, 0) is 19.1 Å². The van der Waals surface area contributed by atoms with E-state index in [0.29, 0.717) is 5.69 Å². The van der Waals surface area contributed by atoms with Crippen LogP contribution >= 0.6 is 12.4 Å². The molecule has 0 fully saturated rings. The Morgan fingerprint density at radius 1 is 1.53 bits per heavy atom. The number of nitrogens with one attached hydrogen (secondary N) is 1. The van der Waals surface area contributed by atoms with Crippen molar-refractivity contribution in [3.8, 4) is 0 Å². The van der Waals surface area contributed by atoms with Crippen LogP contribution < -0.4 is 11.1 Å². The summed E-state index contributed by atoms with van der Waals surface area (Å²) in [6.45, 7) is 0.303. The van der Waals surface area contributed by atoms with E-state index >= 15 is 0 Å². The molecule has 0 bridgehead atoms. The molecule has 0 saturated carbocycles. The van der Waals surface area contributed by atoms with E-state index in [1.165, 1.54) is 0 Å². The third kappa shape index (κ3) is 3.98. The zero-order valence-electron chi connectivity index (χ0n) is 9.67. The average Bonchev–Trinajstić information content (AvgIpc) is 2.57. The Morgan fingerprint density at radius 2 is 2.12 bits per heavy atom. The van der Waals surface area contributed by atoms with Gasteiger partial charge in [0.15, 0.2) is 0 Å². The fourth-order valence-corrected chi connectivity index (χ4v) is 1.21. The molecule has 0 aliphatic rings. The molecule has 0 radical (unpaired) electrons. The molecule has 17 heavy (non-hydrogen) atoms. The summed E-state index contributed by atoms with van der Waals surface area (Å²) >= 11 is 0. The monoisotopic (exact) mass is 267 g/mol. The first-order chi connectivity index (χ1) is 7.37. The molecule has 1 rings (SSSR count). The summed E-state index contributed by atoms with van der Waals surface area (Å²) in [5, 5.41) is 2.15. The van der Waals surface area contributed by atoms with Gasteiger partial charge in [-0.25, -0.2) is 8.78 Å². The number of alkyl halides is 2. The van der Waals surface area contributed by atoms with Crippen LogP contribution in [0.15, 0.2) is 12.1 Å². The van der Waals surface area contributed by atoms with Crippen LogP contribution in [0.3, 0.4) is 0 Å². The van der Waals surface area contributed by atoms with Crippen LogP contribution in [0.2, 0.25) is 0 Å². The van der Waals surface area contributed by atoms with E-state index in [0.717, 1.165) is 5.69 Å². The predicted octanol–water partition coefficient (Wildman–Crippen LogP) is 1.08. The van der Waals surface area contributed by atoms with Crippen molar-refractivity contribution >= 4 is 18.3 Å². The maximum absolute atomic E-state index is 12.8. The second kappa shape index (κ2) is 5.97. The molecule has 1 aromatic rings. The van der Waals surface area contributed by atoms with E-state index in [4.69, 9.17) is 5.73 Å². The lowest BCUT2D eigenvalue weighted by molar-refractivity contribution is 0.0118. The summed E-state index contributed by atoms with van der Waals surface area (Å²) in [4.78, 5) is 11.5. The van der Waals surface area contributed by atoms with Gasteiger partial charge in [-0.15, -0.1) is 12.4 Å². The minimum absolute atomic E-state index is 0. The van der Waals surface area contributed by atoms with Crippen molar-refractivity contribution in [3.63, 3.8) is 0 Å². The van der Waals surface area contributed by atoms with Gasteiger partial charge in [-0.1, -0.05) is 0 Å². The number of aryl methyl sites for hydroxylation is 1. The fourth-order valence-electron chi connectivity index (χ4n) is 1.21. The molecular formula is C10H16ClF2N3O. The Labute approximate surface area is 105 Å². The molecule has 0 atom stereocenters. The summed E-state index contributed by atoms with van der Waals surface area (Å²) in [7, 11) is 1.70. The minimum atomic E-state index is -3.06. The van der Waals surface area contributed by atoms with Gasteiger partial charge in [-0.2, -0.15) is 0 Å². The van der Waals surface area contributed by atoms with E-state index < -0.39 is 24.9 Å². The lowest BCUT2D eigenvalue weighted by Gasteiger charge is -2.14. The first kappa shape index (κ1) is 15.9. The van der Waals surface area contributed by atoms with Crippen LogP contribution in [0.5, 0.6) is 0 Å². The zero-order valence-corrected chi connectivity index (χ0v) is 10.5. The summed E-state index contributed by atoms with van der Waals surface area (Å²) in [6.07, 6.45) is 0. The molecule has 7 heteroatoms. The number of nitrogens with zero attached hydrogens (tertiary/aromatic N) is 1. The molecule has 3 N–H and O–H groups in total. The Hall–Kier alpha value is -1.14. The van der Waals surface area contributed by atoms with Crippen LogP contribution in [0.25, 0.3) is 0 Å². The van der Waals surface area contributed by atoms with E-state index in [-0.39, 0.29) is 12.4 Å². The van der Waals surface area contributed by atoms with Crippen LogP contribution in [-0.4, -0.2) is 29.5 Å². The number of halogens is 3. The van der Waals surface area contributed by atoms with Gasteiger partial charge in [0, 0.05) is 12.7 Å². The van der Waals surface area contributed by atoms with Crippen molar-refractivity contribution in [1.82, 2.24) is 9.88 Å². The molecule has 98 valence electrons. The highest BCUT2D eigenvalue weighted by Gasteiger charge is 2.27. The highest BCUT2D eigenvalue weighted by atomic mass is 35.5. The molecule has 4 nitrogen and oxygen atoms in total. The molecule has 0 spiro atoms. The van der Waals surface area contributed by atoms with Crippen LogP contribution in [0.1, 0.15) is 16.2 Å². The van der Waals surface area contributed by atoms with E-state index in [9.17, 15) is 13.6 Å². The number of carbonyl (C=O) groups is 1. The molecule has 1 heterocycles. The van der Waals surface area contributed by atoms with E-state index in [1.54, 1.807) is 23.7 Å². The van der Waals surface area contributed by atoms with E-state index in [1.807, 2.05) is 6.92 Å². The Morgan fingerprint density at radius 3 is 2.53 bits per heavy atom. The van der Waals surface area contributed by atoms with Crippen LogP contribution in [-0.2, 0) is 7.05 Å². The topological polar surface area (TPSA) is 60.1 Å². The van der Waals surface area contributed by atoms with Crippen molar-refractivity contribution in [2.75, 3.05) is 13.1 Å². The summed E-state index contributed by atoms with van der Waals surface area (Å²) in [6, 6.07) is 3.33. The number of carbonyl (C=O) groups excluding carboxylic acids is 1. The minimum Gasteiger partial charge on any atom is -0.345 e. The molecule has 0 aliphatic carbocycles. The molecule has 1 aromatic heterocycles. The third-order valence-electron chi connectivity index (χ3n) is 2.41. The number of hydrogen-bond donors (Lipinski definition) is 2. The maximum Gasteiger partial charge on any atom is 0.277 e. The second-order valence-corrected chi connectivity index (χ2v) is 3.66. The zero-order chi connectivity index (χ0) is 12.3. The molecule has 0 aliphatic heterocycles. The fraction of sp³-hybridized carbons (Fsp3) is 0.500. The number of amides is 1. The molecular weight excluding hydrogens is 252 g/mol. The van der Waals surface area contributed by atoms with Crippen molar-refractivity contribution in [2.45, 2.75) is 12.8 Å². The molecule has 0 unspecified atom stereocenters. The van der Waals surface area contributed by atoms with Crippen LogP contribution in [0.4, 0.5) is 8.78 Å². The number of aromatic nitrogens is 1. The SMILES string of the molecule is Cc1ccc(C(=O)NCC(F)(F)CN)n1C.Cl. The van der Waals surface area contributed by atoms with Gasteiger partial charge in [0.1, 0.15) is 5.69 Å². The average molecular weight is 268 g/mol. The second-order valence-electron chi connectivity index (χ2n) is 3.66. The Kier molecular flexibility index (Phi) is 5.57. The number of hydrogen-bond acceptors (Lipinski definition) is 2. The summed E-state index contributed by atoms with van der Waals surface area (Å²) < 4.78 is 27.2. The van der Waals surface area contributed by atoms with Crippen molar-refractivity contribution < 1.29 is 13.6 Å². The van der Waals surface area contributed by atoms with E-state index in [2.05, 4.69) is 5.32 Å². The normalized spacial score (nSPS) is 10.9. The lowest BCUT2D eigenvalue weighted by Crippen LogP contribution is -2.41. The van der Waals surface area contributed by atoms with Gasteiger partial charge in [0.25, 0.3) is 11.8 Å². The Balaban J connectivity index is 0.00000256. The standard InChI is InChI=1S/C10H15F2N3O.ClH/c1-7-3-4-8(15(7)2)9(16)14-6-10(11,12)5-13;/h3-4H,5-6,13H2,1-2H3,(H,14,16);1H. The third-order valence-corrected chi connectivity index (χ3v) is 2.41. The lowest BCUT2D eigenvalue weighted by atomic mass is 10.3. The maximum atomic E-state index is 12.8. The molecule has 0 saturated heterocycles. The largest absolute Gasteiger partial charge is 0.345 e. The predicted molar refractivity (Wildman–Crippen MR) is 63.7 cm³/mol. The highest BCUT2D eigenvalue weighted by Crippen LogP contribution is 2.10. The van der Waals surface area contributed by atoms with Gasteiger partial charge in [0.2, 0.25) is 0 Å². The van der Waals surface area contributed by atoms with Gasteiger partial charge >= 0.3 is 0 Å². The molecule has 0 aromatic carbocycles.